The van der Waals surface area contributed by atoms with Crippen LogP contribution in [0.1, 0.15) is 102 Å². The summed E-state index contributed by atoms with van der Waals surface area (Å²) in [5.41, 5.74) is 1.47. The predicted molar refractivity (Wildman–Crippen MR) is 212 cm³/mol. The molecule has 3 heterocycles. The number of nitrogens with one attached hydrogen (secondary N) is 1. The number of hydrogen-bond acceptors (Lipinski definition) is 11. The molecule has 1 aromatic heterocycles. The highest BCUT2D eigenvalue weighted by Gasteiger charge is 2.62. The quantitative estimate of drug-likeness (QED) is 0.212. The molecule has 2 aliphatic carbocycles. The number of fused-ring (bicyclic) bond motifs is 3. The van der Waals surface area contributed by atoms with Crippen LogP contribution in [0.15, 0.2) is 36.5 Å². The van der Waals surface area contributed by atoms with Crippen molar-refractivity contribution in [1.29, 1.82) is 0 Å². The maximum absolute atomic E-state index is 15.0. The molecule has 2 aromatic rings. The highest BCUT2D eigenvalue weighted by Crippen LogP contribution is 2.57. The molecule has 1 aromatic carbocycles. The van der Waals surface area contributed by atoms with Gasteiger partial charge in [0, 0.05) is 29.8 Å². The van der Waals surface area contributed by atoms with Crippen LogP contribution in [0.2, 0.25) is 0 Å². The highest BCUT2D eigenvalue weighted by molar-refractivity contribution is 7.90. The minimum Gasteiger partial charge on any atom is -0.497 e. The molecule has 60 heavy (non-hydrogen) atoms. The molecule has 0 unspecified atom stereocenters. The van der Waals surface area contributed by atoms with Crippen molar-refractivity contribution in [2.45, 2.75) is 121 Å². The first-order chi connectivity index (χ1) is 28.1. The van der Waals surface area contributed by atoms with E-state index in [9.17, 15) is 45.6 Å². The number of nitrogens with two attached hydrogens (primary N) is 1. The first-order valence-corrected chi connectivity index (χ1v) is 21.9. The van der Waals surface area contributed by atoms with Crippen molar-refractivity contribution < 1.29 is 59.8 Å². The third kappa shape index (κ3) is 9.42. The SMILES string of the molecule is CC[C@@H]1C[C@H](C)CC/C=C\[C@@H]2C[C@@]2(C(=O)NS(=O)(=O)C2CC2)CC(=O)[C@@H]2C[C@@H](Oc3ncc(C(N)=O)c4cc(OC)ccc34)CN2C(=O)[C@H]1CC(=O)OC(C)(C)C(F)(F)F. The van der Waals surface area contributed by atoms with Gasteiger partial charge >= 0.3 is 12.1 Å². The Morgan fingerprint density at radius 2 is 1.80 bits per heavy atom. The van der Waals surface area contributed by atoms with Gasteiger partial charge in [-0.05, 0) is 88.3 Å². The smallest absolute Gasteiger partial charge is 0.427 e. The molecule has 3 amide bonds. The van der Waals surface area contributed by atoms with Gasteiger partial charge < -0.3 is 24.8 Å². The topological polar surface area (TPSA) is 201 Å². The number of carbonyl (C=O) groups excluding carboxylic acids is 5. The molecule has 0 bridgehead atoms. The number of methoxy groups -OCH3 is 1. The monoisotopic (exact) mass is 862 g/mol. The minimum atomic E-state index is -4.89. The van der Waals surface area contributed by atoms with E-state index in [1.54, 1.807) is 18.2 Å². The zero-order valence-corrected chi connectivity index (χ0v) is 35.2. The number of benzene rings is 1. The molecule has 4 aliphatic rings. The van der Waals surface area contributed by atoms with Gasteiger partial charge in [0.25, 0.3) is 5.91 Å². The van der Waals surface area contributed by atoms with Gasteiger partial charge in [0.1, 0.15) is 11.9 Å². The fourth-order valence-electron chi connectivity index (χ4n) is 8.58. The number of Topliss-reactive ketones (excluding diaryl/α,β-unsaturated/α-hetero) is 1. The van der Waals surface area contributed by atoms with Crippen LogP contribution in [0.25, 0.3) is 10.8 Å². The van der Waals surface area contributed by atoms with Crippen LogP contribution in [0.4, 0.5) is 13.2 Å². The number of sulfonamides is 1. The maximum Gasteiger partial charge on any atom is 0.427 e. The Hall–Kier alpha value is -4.74. The molecule has 14 nitrogen and oxygen atoms in total. The molecule has 0 spiro atoms. The van der Waals surface area contributed by atoms with E-state index in [2.05, 4.69) is 9.71 Å². The molecule has 2 saturated carbocycles. The molecule has 18 heteroatoms. The van der Waals surface area contributed by atoms with Crippen molar-refractivity contribution in [3.8, 4) is 11.6 Å². The van der Waals surface area contributed by atoms with E-state index < -0.39 is 105 Å². The molecule has 3 fully saturated rings. The summed E-state index contributed by atoms with van der Waals surface area (Å²) in [5, 5.41) is 0.0573. The van der Waals surface area contributed by atoms with Crippen LogP contribution in [-0.2, 0) is 33.9 Å². The summed E-state index contributed by atoms with van der Waals surface area (Å²) < 4.78 is 86.3. The standard InChI is InChI=1S/C42H53F3N4O10S/c1-6-24-15-23(2)9-7-8-10-25-19-41(25,39(54)48-60(55,56)28-12-13-28)20-34(50)33-17-27(22-49(33)38(53)30(24)18-35(51)59-40(3,4)42(43,44)45)58-37-29-14-11-26(57-5)16-31(29)32(21-47-37)36(46)52/h8,10-11,14,16,21,23-25,27-28,30,33H,6-7,9,12-13,15,17-20,22H2,1-5H3,(H2,46,52)(H,48,54)/b10-8-/t23-,24-,25-,27-,30+,33+,41-/m1/s1. The van der Waals surface area contributed by atoms with Crippen molar-refractivity contribution in [3.63, 3.8) is 0 Å². The third-order valence-electron chi connectivity index (χ3n) is 12.5. The number of nitrogens with zero attached hydrogens (tertiary/aromatic N) is 2. The molecule has 1 saturated heterocycles. The second-order valence-corrected chi connectivity index (χ2v) is 19.3. The first-order valence-electron chi connectivity index (χ1n) is 20.4. The summed E-state index contributed by atoms with van der Waals surface area (Å²) in [7, 11) is -2.52. The van der Waals surface area contributed by atoms with Gasteiger partial charge in [-0.3, -0.25) is 28.7 Å². The van der Waals surface area contributed by atoms with E-state index in [0.717, 1.165) is 13.8 Å². The summed E-state index contributed by atoms with van der Waals surface area (Å²) >= 11 is 0. The Labute approximate surface area is 347 Å². The first kappa shape index (κ1) is 44.8. The fraction of sp³-hybridized carbons (Fsp3) is 0.619. The number of amides is 3. The van der Waals surface area contributed by atoms with Gasteiger partial charge in [0.05, 0.1) is 48.3 Å². The molecule has 0 radical (unpaired) electrons. The number of aromatic nitrogens is 1. The number of rotatable bonds is 11. The van der Waals surface area contributed by atoms with Crippen LogP contribution in [0, 0.1) is 29.1 Å². The lowest BCUT2D eigenvalue weighted by atomic mass is 9.79. The number of alkyl halides is 3. The number of ether oxygens (including phenoxy) is 3. The molecular formula is C42H53F3N4O10S. The molecule has 6 rings (SSSR count). The largest absolute Gasteiger partial charge is 0.497 e. The van der Waals surface area contributed by atoms with Crippen LogP contribution in [-0.4, -0.2) is 90.6 Å². The van der Waals surface area contributed by atoms with Crippen molar-refractivity contribution in [1.82, 2.24) is 14.6 Å². The summed E-state index contributed by atoms with van der Waals surface area (Å²) in [6.07, 6.45) is 1.03. The number of ketones is 1. The second-order valence-electron chi connectivity index (χ2n) is 17.3. The molecule has 2 aliphatic heterocycles. The number of primary amides is 1. The summed E-state index contributed by atoms with van der Waals surface area (Å²) in [6.45, 7) is 5.04. The van der Waals surface area contributed by atoms with Gasteiger partial charge in [-0.1, -0.05) is 32.4 Å². The third-order valence-corrected chi connectivity index (χ3v) is 14.4. The van der Waals surface area contributed by atoms with Crippen molar-refractivity contribution >= 4 is 50.3 Å². The Bertz CT molecular complexity index is 2180. The minimum absolute atomic E-state index is 0.00736. The van der Waals surface area contributed by atoms with Crippen LogP contribution < -0.4 is 19.9 Å². The Kier molecular flexibility index (Phi) is 12.7. The molecule has 7 atom stereocenters. The Balaban J connectivity index is 1.39. The second kappa shape index (κ2) is 17.0. The van der Waals surface area contributed by atoms with Crippen molar-refractivity contribution in [2.75, 3.05) is 13.7 Å². The van der Waals surface area contributed by atoms with Crippen LogP contribution in [0.5, 0.6) is 11.6 Å². The number of halogens is 3. The van der Waals surface area contributed by atoms with Crippen molar-refractivity contribution in [3.05, 3.63) is 42.1 Å². The van der Waals surface area contributed by atoms with E-state index in [4.69, 9.17) is 19.9 Å². The normalized spacial score (nSPS) is 28.4. The summed E-state index contributed by atoms with van der Waals surface area (Å²) in [4.78, 5) is 74.9. The lowest BCUT2D eigenvalue weighted by Crippen LogP contribution is -2.48. The van der Waals surface area contributed by atoms with Crippen LogP contribution in [0.3, 0.4) is 0 Å². The number of esters is 1. The number of allylic oxidation sites excluding steroid dienone is 2. The number of pyridine rings is 1. The summed E-state index contributed by atoms with van der Waals surface area (Å²) in [5.74, 6) is -5.68. The van der Waals surface area contributed by atoms with E-state index in [1.165, 1.54) is 18.2 Å². The molecular weight excluding hydrogens is 810 g/mol. The zero-order chi connectivity index (χ0) is 43.9. The Morgan fingerprint density at radius 3 is 2.43 bits per heavy atom. The average molecular weight is 863 g/mol. The zero-order valence-electron chi connectivity index (χ0n) is 34.4. The number of carbonyl (C=O) groups is 5. The van der Waals surface area contributed by atoms with Crippen LogP contribution >= 0.6 is 0 Å². The summed E-state index contributed by atoms with van der Waals surface area (Å²) in [6, 6.07) is 3.58. The van der Waals surface area contributed by atoms with Gasteiger partial charge in [-0.2, -0.15) is 13.2 Å². The predicted octanol–water partition coefficient (Wildman–Crippen LogP) is 5.56. The van der Waals surface area contributed by atoms with E-state index in [-0.39, 0.29) is 36.7 Å². The molecule has 3 N–H and O–H groups in total. The molecule has 328 valence electrons. The lowest BCUT2D eigenvalue weighted by Gasteiger charge is -2.34. The number of hydrogen-bond donors (Lipinski definition) is 2. The fourth-order valence-corrected chi connectivity index (χ4v) is 9.96. The lowest BCUT2D eigenvalue weighted by molar-refractivity contribution is -0.257. The van der Waals surface area contributed by atoms with Gasteiger partial charge in [-0.15, -0.1) is 0 Å². The van der Waals surface area contributed by atoms with E-state index in [1.807, 2.05) is 26.0 Å². The van der Waals surface area contributed by atoms with Gasteiger partial charge in [-0.25, -0.2) is 13.4 Å². The van der Waals surface area contributed by atoms with E-state index >= 15 is 0 Å². The van der Waals surface area contributed by atoms with Gasteiger partial charge in [0.2, 0.25) is 33.3 Å². The van der Waals surface area contributed by atoms with Crippen molar-refractivity contribution in [2.24, 2.45) is 34.8 Å². The Morgan fingerprint density at radius 1 is 1.08 bits per heavy atom. The van der Waals surface area contributed by atoms with E-state index in [0.29, 0.717) is 55.0 Å². The van der Waals surface area contributed by atoms with Gasteiger partial charge in [0.15, 0.2) is 5.78 Å². The maximum atomic E-state index is 15.0. The average Bonchev–Trinajstić information content (AvgIpc) is 4.10. The highest BCUT2D eigenvalue weighted by atomic mass is 32.2.